The van der Waals surface area contributed by atoms with Gasteiger partial charge >= 0.3 is 0 Å². The van der Waals surface area contributed by atoms with Crippen LogP contribution in [0.1, 0.15) is 39.5 Å². The molecule has 0 aromatic carbocycles. The molecule has 1 saturated carbocycles. The molecule has 0 aliphatic heterocycles. The minimum absolute atomic E-state index is 0.479. The zero-order valence-electron chi connectivity index (χ0n) is 8.84. The van der Waals surface area contributed by atoms with Gasteiger partial charge in [-0.15, -0.1) is 12.3 Å². The van der Waals surface area contributed by atoms with Crippen molar-refractivity contribution in [2.75, 3.05) is 6.54 Å². The van der Waals surface area contributed by atoms with E-state index in [0.717, 1.165) is 13.0 Å². The maximum absolute atomic E-state index is 5.74. The first-order chi connectivity index (χ1) is 6.09. The summed E-state index contributed by atoms with van der Waals surface area (Å²) < 4.78 is 0. The molecule has 13 heavy (non-hydrogen) atoms. The van der Waals surface area contributed by atoms with Gasteiger partial charge in [0.05, 0.1) is 0 Å². The second-order valence-electron chi connectivity index (χ2n) is 5.07. The largest absolute Gasteiger partial charge is 0.330 e. The summed E-state index contributed by atoms with van der Waals surface area (Å²) in [7, 11) is 0. The predicted octanol–water partition coefficient (Wildman–Crippen LogP) is 2.41. The predicted molar refractivity (Wildman–Crippen MR) is 57.1 cm³/mol. The Morgan fingerprint density at radius 3 is 2.69 bits per heavy atom. The lowest BCUT2D eigenvalue weighted by molar-refractivity contribution is 0.125. The molecule has 1 aliphatic rings. The minimum atomic E-state index is 0.479. The molecule has 0 amide bonds. The van der Waals surface area contributed by atoms with E-state index >= 15 is 0 Å². The average molecular weight is 179 g/mol. The molecular weight excluding hydrogens is 158 g/mol. The van der Waals surface area contributed by atoms with Gasteiger partial charge in [-0.1, -0.05) is 13.8 Å². The zero-order chi connectivity index (χ0) is 9.90. The van der Waals surface area contributed by atoms with Crippen molar-refractivity contribution in [2.24, 2.45) is 23.0 Å². The normalized spacial score (nSPS) is 32.5. The fourth-order valence-electron chi connectivity index (χ4n) is 2.49. The van der Waals surface area contributed by atoms with Gasteiger partial charge in [-0.05, 0) is 43.1 Å². The van der Waals surface area contributed by atoms with Crippen LogP contribution in [-0.4, -0.2) is 6.54 Å². The summed E-state index contributed by atoms with van der Waals surface area (Å²) in [5, 5.41) is 0. The van der Waals surface area contributed by atoms with Crippen LogP contribution in [0.25, 0.3) is 0 Å². The van der Waals surface area contributed by atoms with Gasteiger partial charge in [0, 0.05) is 6.42 Å². The molecule has 0 bridgehead atoms. The first-order valence-corrected chi connectivity index (χ1v) is 5.22. The third-order valence-corrected chi connectivity index (χ3v) is 3.36. The van der Waals surface area contributed by atoms with Crippen LogP contribution < -0.4 is 5.73 Å². The van der Waals surface area contributed by atoms with E-state index in [-0.39, 0.29) is 0 Å². The van der Waals surface area contributed by atoms with Crippen LogP contribution in [0.4, 0.5) is 0 Å². The van der Waals surface area contributed by atoms with Gasteiger partial charge < -0.3 is 5.73 Å². The smallest absolute Gasteiger partial charge is 0.0118 e. The highest BCUT2D eigenvalue weighted by molar-refractivity contribution is 4.94. The van der Waals surface area contributed by atoms with Crippen LogP contribution in [0.2, 0.25) is 0 Å². The first-order valence-electron chi connectivity index (χ1n) is 5.22. The molecule has 0 heterocycles. The summed E-state index contributed by atoms with van der Waals surface area (Å²) in [6.45, 7) is 5.48. The Hall–Kier alpha value is -0.480. The lowest BCUT2D eigenvalue weighted by Gasteiger charge is -2.39. The number of hydrogen-bond donors (Lipinski definition) is 1. The van der Waals surface area contributed by atoms with Gasteiger partial charge in [0.25, 0.3) is 0 Å². The summed E-state index contributed by atoms with van der Waals surface area (Å²) in [6, 6.07) is 0. The number of terminal acetylenes is 1. The van der Waals surface area contributed by atoms with E-state index in [1.54, 1.807) is 0 Å². The van der Waals surface area contributed by atoms with Crippen LogP contribution in [-0.2, 0) is 0 Å². The summed E-state index contributed by atoms with van der Waals surface area (Å²) in [4.78, 5) is 0. The zero-order valence-corrected chi connectivity index (χ0v) is 8.84. The highest BCUT2D eigenvalue weighted by Gasteiger charge is 2.33. The molecule has 0 aromatic rings. The van der Waals surface area contributed by atoms with Crippen molar-refractivity contribution in [3.8, 4) is 12.3 Å². The molecule has 1 aliphatic carbocycles. The first kappa shape index (κ1) is 10.6. The van der Waals surface area contributed by atoms with Gasteiger partial charge in [0.15, 0.2) is 0 Å². The van der Waals surface area contributed by atoms with E-state index in [2.05, 4.69) is 19.8 Å². The Labute approximate surface area is 82.1 Å². The van der Waals surface area contributed by atoms with E-state index in [9.17, 15) is 0 Å². The van der Waals surface area contributed by atoms with E-state index in [1.165, 1.54) is 19.3 Å². The van der Waals surface area contributed by atoms with E-state index in [1.807, 2.05) is 0 Å². The van der Waals surface area contributed by atoms with Crippen molar-refractivity contribution in [3.05, 3.63) is 0 Å². The quantitative estimate of drug-likeness (QED) is 0.647. The van der Waals surface area contributed by atoms with Crippen molar-refractivity contribution >= 4 is 0 Å². The average Bonchev–Trinajstić information content (AvgIpc) is 2.04. The molecular formula is C12H21N. The Morgan fingerprint density at radius 2 is 2.15 bits per heavy atom. The second-order valence-corrected chi connectivity index (χ2v) is 5.07. The topological polar surface area (TPSA) is 26.0 Å². The highest BCUT2D eigenvalue weighted by Crippen LogP contribution is 2.42. The van der Waals surface area contributed by atoms with Crippen LogP contribution >= 0.6 is 0 Å². The Balaban J connectivity index is 2.58. The Bertz CT molecular complexity index is 200. The molecule has 2 N–H and O–H groups in total. The molecule has 74 valence electrons. The van der Waals surface area contributed by atoms with Gasteiger partial charge in [0.2, 0.25) is 0 Å². The molecule has 0 radical (unpaired) electrons. The molecule has 0 saturated heterocycles. The molecule has 2 atom stereocenters. The fraction of sp³-hybridized carbons (Fsp3) is 0.833. The van der Waals surface area contributed by atoms with E-state index < -0.39 is 0 Å². The van der Waals surface area contributed by atoms with Crippen LogP contribution in [0.15, 0.2) is 0 Å². The van der Waals surface area contributed by atoms with Gasteiger partial charge in [0.1, 0.15) is 0 Å². The summed E-state index contributed by atoms with van der Waals surface area (Å²) in [6.07, 6.45) is 10.1. The number of hydrogen-bond acceptors (Lipinski definition) is 1. The standard InChI is InChI=1S/C12H21N/c1-4-5-10-8-12(2,3)7-6-11(10)9-13/h1,10-11H,5-9,13H2,2-3H3. The molecule has 0 aromatic heterocycles. The molecule has 1 rings (SSSR count). The van der Waals surface area contributed by atoms with Crippen molar-refractivity contribution in [3.63, 3.8) is 0 Å². The summed E-state index contributed by atoms with van der Waals surface area (Å²) in [5.74, 6) is 4.12. The third-order valence-electron chi connectivity index (χ3n) is 3.36. The van der Waals surface area contributed by atoms with Crippen molar-refractivity contribution in [2.45, 2.75) is 39.5 Å². The fourth-order valence-corrected chi connectivity index (χ4v) is 2.49. The molecule has 1 heteroatoms. The van der Waals surface area contributed by atoms with E-state index in [4.69, 9.17) is 12.2 Å². The highest BCUT2D eigenvalue weighted by atomic mass is 14.6. The van der Waals surface area contributed by atoms with Crippen molar-refractivity contribution < 1.29 is 0 Å². The monoisotopic (exact) mass is 179 g/mol. The van der Waals surface area contributed by atoms with Gasteiger partial charge in [-0.2, -0.15) is 0 Å². The second kappa shape index (κ2) is 4.15. The Morgan fingerprint density at radius 1 is 1.46 bits per heavy atom. The SMILES string of the molecule is C#CCC1CC(C)(C)CCC1CN. The van der Waals surface area contributed by atoms with Crippen LogP contribution in [0, 0.1) is 29.6 Å². The number of nitrogens with two attached hydrogens (primary N) is 1. The maximum atomic E-state index is 5.74. The van der Waals surface area contributed by atoms with Crippen molar-refractivity contribution in [1.29, 1.82) is 0 Å². The maximum Gasteiger partial charge on any atom is 0.0118 e. The Kier molecular flexibility index (Phi) is 3.39. The minimum Gasteiger partial charge on any atom is -0.330 e. The number of rotatable bonds is 2. The third kappa shape index (κ3) is 2.74. The lowest BCUT2D eigenvalue weighted by atomic mass is 9.66. The summed E-state index contributed by atoms with van der Waals surface area (Å²) in [5.41, 5.74) is 6.22. The molecule has 1 nitrogen and oxygen atoms in total. The molecule has 0 spiro atoms. The van der Waals surface area contributed by atoms with Crippen LogP contribution in [0.3, 0.4) is 0 Å². The summed E-state index contributed by atoms with van der Waals surface area (Å²) >= 11 is 0. The van der Waals surface area contributed by atoms with Crippen molar-refractivity contribution in [1.82, 2.24) is 0 Å². The molecule has 1 fully saturated rings. The van der Waals surface area contributed by atoms with Gasteiger partial charge in [-0.3, -0.25) is 0 Å². The van der Waals surface area contributed by atoms with Gasteiger partial charge in [-0.25, -0.2) is 0 Å². The lowest BCUT2D eigenvalue weighted by Crippen LogP contribution is -2.33. The van der Waals surface area contributed by atoms with Crippen LogP contribution in [0.5, 0.6) is 0 Å². The van der Waals surface area contributed by atoms with E-state index in [0.29, 0.717) is 17.3 Å². The molecule has 2 unspecified atom stereocenters.